The van der Waals surface area contributed by atoms with Crippen LogP contribution in [0.5, 0.6) is 0 Å². The molecule has 1 heterocycles. The SMILES string of the molecule is C[C@@H](NCC(=O)NCc1ccc(CN2CCOCC2)cc1)c1cccc(Cl)c1. The number of amides is 1. The van der Waals surface area contributed by atoms with Crippen molar-refractivity contribution in [1.82, 2.24) is 15.5 Å². The van der Waals surface area contributed by atoms with E-state index in [4.69, 9.17) is 16.3 Å². The van der Waals surface area contributed by atoms with Gasteiger partial charge in [0.15, 0.2) is 0 Å². The molecule has 1 amide bonds. The van der Waals surface area contributed by atoms with Crippen LogP contribution in [0, 0.1) is 0 Å². The van der Waals surface area contributed by atoms with Crippen molar-refractivity contribution < 1.29 is 9.53 Å². The number of nitrogens with zero attached hydrogens (tertiary/aromatic N) is 1. The summed E-state index contributed by atoms with van der Waals surface area (Å²) < 4.78 is 5.38. The number of carbonyl (C=O) groups is 1. The first-order valence-electron chi connectivity index (χ1n) is 9.73. The average Bonchev–Trinajstić information content (AvgIpc) is 2.72. The van der Waals surface area contributed by atoms with Crippen LogP contribution in [0.1, 0.15) is 29.7 Å². The van der Waals surface area contributed by atoms with E-state index in [1.54, 1.807) is 0 Å². The van der Waals surface area contributed by atoms with Crippen LogP contribution >= 0.6 is 11.6 Å². The molecule has 0 bridgehead atoms. The second-order valence-corrected chi connectivity index (χ2v) is 7.58. The third kappa shape index (κ3) is 6.60. The molecule has 3 rings (SSSR count). The molecule has 2 aromatic carbocycles. The van der Waals surface area contributed by atoms with E-state index in [9.17, 15) is 4.79 Å². The van der Waals surface area contributed by atoms with Crippen LogP contribution in [0.4, 0.5) is 0 Å². The lowest BCUT2D eigenvalue weighted by Gasteiger charge is -2.26. The molecule has 6 heteroatoms. The zero-order valence-corrected chi connectivity index (χ0v) is 17.0. The molecule has 28 heavy (non-hydrogen) atoms. The lowest BCUT2D eigenvalue weighted by Crippen LogP contribution is -2.35. The van der Waals surface area contributed by atoms with Gasteiger partial charge in [-0.2, -0.15) is 0 Å². The highest BCUT2D eigenvalue weighted by atomic mass is 35.5. The summed E-state index contributed by atoms with van der Waals surface area (Å²) in [5.74, 6) is -0.0220. The zero-order valence-electron chi connectivity index (χ0n) is 16.3. The molecule has 2 aromatic rings. The maximum absolute atomic E-state index is 12.1. The van der Waals surface area contributed by atoms with Gasteiger partial charge in [0.05, 0.1) is 19.8 Å². The van der Waals surface area contributed by atoms with Crippen molar-refractivity contribution in [2.75, 3.05) is 32.8 Å². The maximum atomic E-state index is 12.1. The molecule has 0 saturated carbocycles. The molecule has 2 N–H and O–H groups in total. The summed E-state index contributed by atoms with van der Waals surface area (Å²) in [6.07, 6.45) is 0. The lowest BCUT2D eigenvalue weighted by atomic mass is 10.1. The fourth-order valence-electron chi connectivity index (χ4n) is 3.18. The smallest absolute Gasteiger partial charge is 0.234 e. The number of halogens is 1. The van der Waals surface area contributed by atoms with Crippen molar-refractivity contribution >= 4 is 17.5 Å². The Kier molecular flexibility index (Phi) is 7.86. The Bertz CT molecular complexity index is 761. The van der Waals surface area contributed by atoms with Crippen LogP contribution in [0.2, 0.25) is 5.02 Å². The van der Waals surface area contributed by atoms with Crippen molar-refractivity contribution in [3.8, 4) is 0 Å². The first kappa shape index (κ1) is 20.8. The van der Waals surface area contributed by atoms with Gasteiger partial charge in [0.25, 0.3) is 0 Å². The van der Waals surface area contributed by atoms with Gasteiger partial charge < -0.3 is 15.4 Å². The number of hydrogen-bond donors (Lipinski definition) is 2. The maximum Gasteiger partial charge on any atom is 0.234 e. The van der Waals surface area contributed by atoms with Crippen LogP contribution in [-0.2, 0) is 22.6 Å². The van der Waals surface area contributed by atoms with E-state index in [2.05, 4.69) is 39.8 Å². The minimum atomic E-state index is -0.0220. The number of nitrogens with one attached hydrogen (secondary N) is 2. The standard InChI is InChI=1S/C22H28ClN3O2/c1-17(20-3-2-4-21(23)13-20)24-15-22(27)25-14-18-5-7-19(8-6-18)16-26-9-11-28-12-10-26/h2-8,13,17,24H,9-12,14-16H2,1H3,(H,25,27)/t17-/m1/s1. The van der Waals surface area contributed by atoms with Crippen LogP contribution < -0.4 is 10.6 Å². The Labute approximate surface area is 172 Å². The molecule has 1 aliphatic rings. The summed E-state index contributed by atoms with van der Waals surface area (Å²) in [5, 5.41) is 6.90. The number of benzene rings is 2. The molecule has 1 aliphatic heterocycles. The number of carbonyl (C=O) groups excluding carboxylic acids is 1. The van der Waals surface area contributed by atoms with E-state index in [-0.39, 0.29) is 18.5 Å². The molecule has 1 fully saturated rings. The van der Waals surface area contributed by atoms with E-state index in [1.807, 2.05) is 31.2 Å². The van der Waals surface area contributed by atoms with Gasteiger partial charge in [-0.3, -0.25) is 9.69 Å². The Morgan fingerprint density at radius 3 is 2.57 bits per heavy atom. The van der Waals surface area contributed by atoms with Gasteiger partial charge in [0.2, 0.25) is 5.91 Å². The van der Waals surface area contributed by atoms with E-state index in [1.165, 1.54) is 5.56 Å². The van der Waals surface area contributed by atoms with Gasteiger partial charge in [-0.15, -0.1) is 0 Å². The molecular formula is C22H28ClN3O2. The van der Waals surface area contributed by atoms with Crippen molar-refractivity contribution in [1.29, 1.82) is 0 Å². The largest absolute Gasteiger partial charge is 0.379 e. The van der Waals surface area contributed by atoms with Gasteiger partial charge in [-0.05, 0) is 35.7 Å². The summed E-state index contributed by atoms with van der Waals surface area (Å²) in [5.41, 5.74) is 3.45. The fourth-order valence-corrected chi connectivity index (χ4v) is 3.38. The molecule has 0 aromatic heterocycles. The van der Waals surface area contributed by atoms with Crippen LogP contribution in [0.3, 0.4) is 0 Å². The molecule has 1 atom stereocenters. The van der Waals surface area contributed by atoms with Crippen molar-refractivity contribution in [3.05, 3.63) is 70.2 Å². The molecule has 5 nitrogen and oxygen atoms in total. The highest BCUT2D eigenvalue weighted by Gasteiger charge is 2.11. The lowest BCUT2D eigenvalue weighted by molar-refractivity contribution is -0.120. The third-order valence-electron chi connectivity index (χ3n) is 4.94. The molecule has 150 valence electrons. The second-order valence-electron chi connectivity index (χ2n) is 7.14. The summed E-state index contributed by atoms with van der Waals surface area (Å²) in [6.45, 7) is 7.36. The zero-order chi connectivity index (χ0) is 19.8. The van der Waals surface area contributed by atoms with Crippen molar-refractivity contribution in [2.45, 2.75) is 26.1 Å². The van der Waals surface area contributed by atoms with Gasteiger partial charge in [-0.25, -0.2) is 0 Å². The number of ether oxygens (including phenoxy) is 1. The van der Waals surface area contributed by atoms with E-state index < -0.39 is 0 Å². The Morgan fingerprint density at radius 1 is 1.14 bits per heavy atom. The minimum absolute atomic E-state index is 0.0220. The molecule has 1 saturated heterocycles. The van der Waals surface area contributed by atoms with Gasteiger partial charge in [-0.1, -0.05) is 48.0 Å². The van der Waals surface area contributed by atoms with E-state index in [0.717, 1.165) is 44.0 Å². The van der Waals surface area contributed by atoms with Gasteiger partial charge >= 0.3 is 0 Å². The topological polar surface area (TPSA) is 53.6 Å². The van der Waals surface area contributed by atoms with Crippen LogP contribution in [0.15, 0.2) is 48.5 Å². The summed E-state index contributed by atoms with van der Waals surface area (Å²) >= 11 is 6.02. The molecular weight excluding hydrogens is 374 g/mol. The highest BCUT2D eigenvalue weighted by Crippen LogP contribution is 2.17. The predicted molar refractivity (Wildman–Crippen MR) is 112 cm³/mol. The van der Waals surface area contributed by atoms with Crippen LogP contribution in [-0.4, -0.2) is 43.7 Å². The van der Waals surface area contributed by atoms with Crippen LogP contribution in [0.25, 0.3) is 0 Å². The van der Waals surface area contributed by atoms with Crippen molar-refractivity contribution in [3.63, 3.8) is 0 Å². The minimum Gasteiger partial charge on any atom is -0.379 e. The first-order chi connectivity index (χ1) is 13.6. The molecule has 0 spiro atoms. The summed E-state index contributed by atoms with van der Waals surface area (Å²) in [7, 11) is 0. The summed E-state index contributed by atoms with van der Waals surface area (Å²) in [6, 6.07) is 16.2. The first-order valence-corrected chi connectivity index (χ1v) is 10.1. The Balaban J connectivity index is 1.39. The van der Waals surface area contributed by atoms with Gasteiger partial charge in [0, 0.05) is 37.2 Å². The normalized spacial score (nSPS) is 15.9. The van der Waals surface area contributed by atoms with Crippen molar-refractivity contribution in [2.24, 2.45) is 0 Å². The number of hydrogen-bond acceptors (Lipinski definition) is 4. The highest BCUT2D eigenvalue weighted by molar-refractivity contribution is 6.30. The Hall–Kier alpha value is -1.92. The monoisotopic (exact) mass is 401 g/mol. The number of rotatable bonds is 8. The predicted octanol–water partition coefficient (Wildman–Crippen LogP) is 3.14. The molecule has 0 unspecified atom stereocenters. The molecule has 0 aliphatic carbocycles. The molecule has 0 radical (unpaired) electrons. The Morgan fingerprint density at radius 2 is 1.86 bits per heavy atom. The van der Waals surface area contributed by atoms with E-state index in [0.29, 0.717) is 11.6 Å². The fraction of sp³-hybridized carbons (Fsp3) is 0.409. The average molecular weight is 402 g/mol. The number of morpholine rings is 1. The quantitative estimate of drug-likeness (QED) is 0.713. The summed E-state index contributed by atoms with van der Waals surface area (Å²) in [4.78, 5) is 14.5. The van der Waals surface area contributed by atoms with Gasteiger partial charge in [0.1, 0.15) is 0 Å². The van der Waals surface area contributed by atoms with E-state index >= 15 is 0 Å². The second kappa shape index (κ2) is 10.6. The third-order valence-corrected chi connectivity index (χ3v) is 5.18.